The normalized spacial score (nSPS) is 9.76. The molecule has 154 valence electrons. The van der Waals surface area contributed by atoms with E-state index in [1.165, 1.54) is 0 Å². The van der Waals surface area contributed by atoms with Crippen molar-refractivity contribution in [2.75, 3.05) is 17.7 Å². The highest BCUT2D eigenvalue weighted by atomic mass is 35.5. The topological polar surface area (TPSA) is 87.5 Å². The quantitative estimate of drug-likeness (QED) is 0.436. The highest BCUT2D eigenvalue weighted by molar-refractivity contribution is 6.28. The molecule has 8 heteroatoms. The Morgan fingerprint density at radius 3 is 1.93 bits per heavy atom. The van der Waals surface area contributed by atoms with E-state index >= 15 is 0 Å². The molecule has 1 aromatic heterocycles. The minimum atomic E-state index is 0.101. The number of rotatable bonds is 5. The Balaban J connectivity index is 0.000000989. The van der Waals surface area contributed by atoms with E-state index in [2.05, 4.69) is 35.8 Å². The number of azo groups is 1. The highest BCUT2D eigenvalue weighted by Gasteiger charge is 2.07. The van der Waals surface area contributed by atoms with Gasteiger partial charge in [-0.2, -0.15) is 25.2 Å². The van der Waals surface area contributed by atoms with Crippen LogP contribution in [0.15, 0.2) is 58.8 Å². The van der Waals surface area contributed by atoms with Crippen molar-refractivity contribution in [3.05, 3.63) is 59.4 Å². The molecule has 0 saturated carbocycles. The Bertz CT molecular complexity index is 899. The van der Waals surface area contributed by atoms with E-state index in [4.69, 9.17) is 11.6 Å². The molecule has 0 fully saturated rings. The SMILES string of the molecule is CC.CC.CN=Nc1ccc(Nc2nc(Cl)nc(Nc3ccccc3)n2)cc1C. The van der Waals surface area contributed by atoms with Crippen molar-refractivity contribution in [2.45, 2.75) is 34.6 Å². The first-order valence-electron chi connectivity index (χ1n) is 9.55. The molecule has 0 aliphatic heterocycles. The van der Waals surface area contributed by atoms with Gasteiger partial charge in [-0.3, -0.25) is 0 Å². The summed E-state index contributed by atoms with van der Waals surface area (Å²) in [7, 11) is 1.64. The third-order valence-electron chi connectivity index (χ3n) is 3.30. The molecule has 0 saturated heterocycles. The molecular formula is C21H28ClN7. The predicted octanol–water partition coefficient (Wildman–Crippen LogP) is 7.09. The number of aromatic nitrogens is 3. The van der Waals surface area contributed by atoms with Crippen LogP contribution >= 0.6 is 11.6 Å². The lowest BCUT2D eigenvalue weighted by Crippen LogP contribution is -2.04. The van der Waals surface area contributed by atoms with Crippen molar-refractivity contribution in [3.63, 3.8) is 0 Å². The van der Waals surface area contributed by atoms with Crippen LogP contribution in [-0.2, 0) is 0 Å². The van der Waals surface area contributed by atoms with Crippen LogP contribution in [0.1, 0.15) is 33.3 Å². The molecule has 0 unspecified atom stereocenters. The summed E-state index contributed by atoms with van der Waals surface area (Å²) < 4.78 is 0. The number of anilines is 4. The van der Waals surface area contributed by atoms with Crippen LogP contribution in [0, 0.1) is 6.92 Å². The molecule has 0 spiro atoms. The number of aryl methyl sites for hydroxylation is 1. The lowest BCUT2D eigenvalue weighted by molar-refractivity contribution is 1.06. The molecule has 0 aliphatic rings. The fraction of sp³-hybridized carbons (Fsp3) is 0.286. The molecule has 3 rings (SSSR count). The van der Waals surface area contributed by atoms with Gasteiger partial charge in [0, 0.05) is 18.4 Å². The number of hydrogen-bond acceptors (Lipinski definition) is 7. The maximum absolute atomic E-state index is 6.01. The van der Waals surface area contributed by atoms with Crippen LogP contribution in [0.25, 0.3) is 0 Å². The Kier molecular flexibility index (Phi) is 10.9. The van der Waals surface area contributed by atoms with E-state index in [0.29, 0.717) is 11.9 Å². The van der Waals surface area contributed by atoms with E-state index in [1.54, 1.807) is 7.05 Å². The number of halogens is 1. The molecule has 29 heavy (non-hydrogen) atoms. The molecule has 0 bridgehead atoms. The molecule has 0 aliphatic carbocycles. The van der Waals surface area contributed by atoms with E-state index in [0.717, 1.165) is 22.6 Å². The standard InChI is InChI=1S/C17H16ClN7.2C2H6/c1-11-10-13(8-9-14(11)25-19-2)21-17-23-15(18)22-16(24-17)20-12-6-4-3-5-7-12;2*1-2/h3-10H,1-2H3,(H2,20,21,22,23,24);2*1-2H3. The van der Waals surface area contributed by atoms with Crippen LogP contribution in [-0.4, -0.2) is 22.0 Å². The van der Waals surface area contributed by atoms with Gasteiger partial charge in [0.05, 0.1) is 5.69 Å². The molecule has 2 aromatic carbocycles. The number of hydrogen-bond donors (Lipinski definition) is 2. The molecule has 0 amide bonds. The Hall–Kier alpha value is -3.06. The van der Waals surface area contributed by atoms with Gasteiger partial charge in [0.25, 0.3) is 0 Å². The average Bonchev–Trinajstić information content (AvgIpc) is 2.73. The van der Waals surface area contributed by atoms with Crippen LogP contribution in [0.3, 0.4) is 0 Å². The number of para-hydroxylation sites is 1. The molecule has 7 nitrogen and oxygen atoms in total. The van der Waals surface area contributed by atoms with Crippen LogP contribution in [0.2, 0.25) is 5.28 Å². The summed E-state index contributed by atoms with van der Waals surface area (Å²) in [5.74, 6) is 0.713. The lowest BCUT2D eigenvalue weighted by Gasteiger charge is -2.09. The van der Waals surface area contributed by atoms with Gasteiger partial charge in [-0.15, -0.1) is 0 Å². The molecule has 0 radical (unpaired) electrons. The Morgan fingerprint density at radius 2 is 1.38 bits per heavy atom. The number of nitrogens with zero attached hydrogens (tertiary/aromatic N) is 5. The van der Waals surface area contributed by atoms with Gasteiger partial charge in [-0.05, 0) is 54.4 Å². The second-order valence-electron chi connectivity index (χ2n) is 5.17. The fourth-order valence-electron chi connectivity index (χ4n) is 2.19. The second-order valence-corrected chi connectivity index (χ2v) is 5.51. The van der Waals surface area contributed by atoms with Crippen molar-refractivity contribution in [1.29, 1.82) is 0 Å². The summed E-state index contributed by atoms with van der Waals surface area (Å²) in [6, 6.07) is 15.3. The fourth-order valence-corrected chi connectivity index (χ4v) is 2.35. The lowest BCUT2D eigenvalue weighted by atomic mass is 10.2. The van der Waals surface area contributed by atoms with E-state index in [-0.39, 0.29) is 5.28 Å². The summed E-state index contributed by atoms with van der Waals surface area (Å²) in [5, 5.41) is 14.2. The highest BCUT2D eigenvalue weighted by Crippen LogP contribution is 2.25. The zero-order chi connectivity index (χ0) is 21.6. The first-order chi connectivity index (χ1) is 14.1. The van der Waals surface area contributed by atoms with Crippen molar-refractivity contribution in [3.8, 4) is 0 Å². The van der Waals surface area contributed by atoms with Crippen LogP contribution in [0.4, 0.5) is 29.0 Å². The first-order valence-corrected chi connectivity index (χ1v) is 9.93. The largest absolute Gasteiger partial charge is 0.324 e. The molecule has 1 heterocycles. The van der Waals surface area contributed by atoms with E-state index in [9.17, 15) is 0 Å². The zero-order valence-electron chi connectivity index (χ0n) is 17.7. The maximum atomic E-state index is 6.01. The van der Waals surface area contributed by atoms with E-state index < -0.39 is 0 Å². The van der Waals surface area contributed by atoms with Crippen LogP contribution in [0.5, 0.6) is 0 Å². The summed E-state index contributed by atoms with van der Waals surface area (Å²) in [6.45, 7) is 9.96. The monoisotopic (exact) mass is 413 g/mol. The third kappa shape index (κ3) is 7.83. The van der Waals surface area contributed by atoms with Gasteiger partial charge in [0.2, 0.25) is 17.2 Å². The molecular weight excluding hydrogens is 386 g/mol. The minimum Gasteiger partial charge on any atom is -0.324 e. The predicted molar refractivity (Wildman–Crippen MR) is 122 cm³/mol. The number of benzene rings is 2. The summed E-state index contributed by atoms with van der Waals surface area (Å²) in [4.78, 5) is 12.5. The molecule has 0 atom stereocenters. The van der Waals surface area contributed by atoms with Crippen molar-refractivity contribution >= 4 is 40.6 Å². The van der Waals surface area contributed by atoms with Gasteiger partial charge in [0.15, 0.2) is 0 Å². The summed E-state index contributed by atoms with van der Waals surface area (Å²) in [6.07, 6.45) is 0. The van der Waals surface area contributed by atoms with Crippen molar-refractivity contribution < 1.29 is 0 Å². The molecule has 3 aromatic rings. The number of nitrogens with one attached hydrogen (secondary N) is 2. The third-order valence-corrected chi connectivity index (χ3v) is 3.47. The zero-order valence-corrected chi connectivity index (χ0v) is 18.5. The molecule has 2 N–H and O–H groups in total. The van der Waals surface area contributed by atoms with Gasteiger partial charge < -0.3 is 10.6 Å². The van der Waals surface area contributed by atoms with Crippen LogP contribution < -0.4 is 10.6 Å². The Labute approximate surface area is 177 Å². The average molecular weight is 414 g/mol. The Morgan fingerprint density at radius 1 is 0.793 bits per heavy atom. The van der Waals surface area contributed by atoms with Gasteiger partial charge in [-0.1, -0.05) is 45.9 Å². The summed E-state index contributed by atoms with van der Waals surface area (Å²) >= 11 is 6.01. The second kappa shape index (κ2) is 13.2. The minimum absolute atomic E-state index is 0.101. The van der Waals surface area contributed by atoms with E-state index in [1.807, 2.05) is 83.1 Å². The van der Waals surface area contributed by atoms with Crippen molar-refractivity contribution in [2.24, 2.45) is 10.2 Å². The summed E-state index contributed by atoms with van der Waals surface area (Å²) in [5.41, 5.74) is 3.48. The van der Waals surface area contributed by atoms with Crippen molar-refractivity contribution in [1.82, 2.24) is 15.0 Å². The van der Waals surface area contributed by atoms with Gasteiger partial charge in [0.1, 0.15) is 0 Å². The smallest absolute Gasteiger partial charge is 0.233 e. The van der Waals surface area contributed by atoms with Gasteiger partial charge in [-0.25, -0.2) is 0 Å². The maximum Gasteiger partial charge on any atom is 0.233 e. The van der Waals surface area contributed by atoms with Gasteiger partial charge >= 0.3 is 0 Å². The first kappa shape index (κ1) is 24.0.